The molecule has 2 fully saturated rings. The molecule has 1 amide bonds. The van der Waals surface area contributed by atoms with Crippen LogP contribution in [-0.2, 0) is 28.1 Å². The van der Waals surface area contributed by atoms with Gasteiger partial charge in [-0.15, -0.1) is 0 Å². The third-order valence-corrected chi connectivity index (χ3v) is 6.19. The first-order valence-corrected chi connectivity index (χ1v) is 10.7. The summed E-state index contributed by atoms with van der Waals surface area (Å²) in [5.41, 5.74) is 0.820. The van der Waals surface area contributed by atoms with E-state index in [1.54, 1.807) is 24.3 Å². The maximum atomic E-state index is 12.4. The molecule has 1 saturated heterocycles. The van der Waals surface area contributed by atoms with Crippen molar-refractivity contribution in [2.24, 2.45) is 7.05 Å². The van der Waals surface area contributed by atoms with Gasteiger partial charge in [-0.2, -0.15) is 5.10 Å². The zero-order chi connectivity index (χ0) is 18.5. The van der Waals surface area contributed by atoms with Crippen LogP contribution in [0.4, 0.5) is 0 Å². The van der Waals surface area contributed by atoms with Crippen LogP contribution >= 0.6 is 0 Å². The number of aryl methyl sites for hydroxylation is 1. The Bertz CT molecular complexity index is 939. The molecule has 0 atom stereocenters. The van der Waals surface area contributed by atoms with Crippen molar-refractivity contribution in [1.82, 2.24) is 19.7 Å². The van der Waals surface area contributed by atoms with E-state index in [-0.39, 0.29) is 23.1 Å². The summed E-state index contributed by atoms with van der Waals surface area (Å²) in [7, 11) is -1.29. The lowest BCUT2D eigenvalue weighted by Gasteiger charge is -2.38. The second kappa shape index (κ2) is 6.19. The molecule has 8 heteroatoms. The Morgan fingerprint density at radius 1 is 1.15 bits per heavy atom. The molecular formula is C18H22N4O3S. The van der Waals surface area contributed by atoms with E-state index in [0.29, 0.717) is 19.0 Å². The molecule has 1 saturated carbocycles. The lowest BCUT2D eigenvalue weighted by molar-refractivity contribution is -0.135. The molecule has 0 unspecified atom stereocenters. The smallest absolute Gasteiger partial charge is 0.227 e. The molecule has 1 aliphatic carbocycles. The highest BCUT2D eigenvalue weighted by atomic mass is 32.2. The van der Waals surface area contributed by atoms with E-state index in [0.717, 1.165) is 17.2 Å². The molecular weight excluding hydrogens is 352 g/mol. The summed E-state index contributed by atoms with van der Waals surface area (Å²) in [5, 5.41) is 4.49. The van der Waals surface area contributed by atoms with Crippen molar-refractivity contribution < 1.29 is 13.2 Å². The van der Waals surface area contributed by atoms with E-state index in [1.165, 1.54) is 19.1 Å². The van der Waals surface area contributed by atoms with Gasteiger partial charge in [0.15, 0.2) is 15.7 Å². The van der Waals surface area contributed by atoms with Gasteiger partial charge < -0.3 is 4.90 Å². The number of likely N-dealkylation sites (tertiary alicyclic amines) is 1. The molecule has 0 bridgehead atoms. The highest BCUT2D eigenvalue weighted by Gasteiger charge is 2.36. The lowest BCUT2D eigenvalue weighted by atomic mass is 9.98. The molecule has 1 aromatic carbocycles. The van der Waals surface area contributed by atoms with Gasteiger partial charge in [-0.3, -0.25) is 9.48 Å². The van der Waals surface area contributed by atoms with Crippen molar-refractivity contribution in [2.45, 2.75) is 36.0 Å². The summed E-state index contributed by atoms with van der Waals surface area (Å²) in [6.07, 6.45) is 3.81. The van der Waals surface area contributed by atoms with Gasteiger partial charge in [-0.05, 0) is 30.5 Å². The Morgan fingerprint density at radius 3 is 2.38 bits per heavy atom. The number of hydrogen-bond donors (Lipinski definition) is 0. The second-order valence-corrected chi connectivity index (χ2v) is 9.33. The molecule has 0 N–H and O–H groups in total. The van der Waals surface area contributed by atoms with Crippen LogP contribution in [0.5, 0.6) is 0 Å². The maximum Gasteiger partial charge on any atom is 0.227 e. The highest BCUT2D eigenvalue weighted by Crippen LogP contribution is 2.39. The number of carbonyl (C=O) groups is 1. The van der Waals surface area contributed by atoms with E-state index >= 15 is 0 Å². The standard InChI is InChI=1S/C18H22N4O3S/c1-21-18(19-17(20-21)13-5-6-13)14-10-22(11-14)16(23)9-12-3-7-15(8-4-12)26(2,24)25/h3-4,7-8,13-14H,5-6,9-11H2,1-2H3. The number of amides is 1. The molecule has 26 heavy (non-hydrogen) atoms. The molecule has 1 aliphatic heterocycles. The van der Waals surface area contributed by atoms with E-state index in [2.05, 4.69) is 10.1 Å². The number of hydrogen-bond acceptors (Lipinski definition) is 5. The molecule has 138 valence electrons. The first-order valence-electron chi connectivity index (χ1n) is 8.79. The van der Waals surface area contributed by atoms with Crippen LogP contribution in [0.15, 0.2) is 29.2 Å². The minimum absolute atomic E-state index is 0.0536. The van der Waals surface area contributed by atoms with Gasteiger partial charge in [0.1, 0.15) is 5.82 Å². The Labute approximate surface area is 152 Å². The van der Waals surface area contributed by atoms with Crippen LogP contribution in [0.1, 0.15) is 41.9 Å². The van der Waals surface area contributed by atoms with Crippen LogP contribution in [0.3, 0.4) is 0 Å². The van der Waals surface area contributed by atoms with Gasteiger partial charge in [0.05, 0.1) is 17.2 Å². The predicted molar refractivity (Wildman–Crippen MR) is 95.6 cm³/mol. The van der Waals surface area contributed by atoms with Crippen LogP contribution in [-0.4, -0.2) is 53.3 Å². The van der Waals surface area contributed by atoms with Gasteiger partial charge in [-0.1, -0.05) is 12.1 Å². The fourth-order valence-electron chi connectivity index (χ4n) is 3.27. The Morgan fingerprint density at radius 2 is 1.81 bits per heavy atom. The van der Waals surface area contributed by atoms with Crippen molar-refractivity contribution in [3.63, 3.8) is 0 Å². The zero-order valence-electron chi connectivity index (χ0n) is 14.9. The number of benzene rings is 1. The van der Waals surface area contributed by atoms with E-state index in [4.69, 9.17) is 0 Å². The van der Waals surface area contributed by atoms with Gasteiger partial charge >= 0.3 is 0 Å². The van der Waals surface area contributed by atoms with Crippen LogP contribution in [0, 0.1) is 0 Å². The molecule has 7 nitrogen and oxygen atoms in total. The van der Waals surface area contributed by atoms with Crippen LogP contribution in [0.25, 0.3) is 0 Å². The van der Waals surface area contributed by atoms with E-state index in [9.17, 15) is 13.2 Å². The fraction of sp³-hybridized carbons (Fsp3) is 0.500. The molecule has 2 heterocycles. The molecule has 2 aliphatic rings. The van der Waals surface area contributed by atoms with Crippen molar-refractivity contribution in [3.8, 4) is 0 Å². The Balaban J connectivity index is 1.34. The maximum absolute atomic E-state index is 12.4. The first kappa shape index (κ1) is 17.2. The minimum atomic E-state index is -3.21. The summed E-state index contributed by atoms with van der Waals surface area (Å²) >= 11 is 0. The first-order chi connectivity index (χ1) is 12.3. The number of nitrogens with zero attached hydrogens (tertiary/aromatic N) is 4. The lowest BCUT2D eigenvalue weighted by Crippen LogP contribution is -2.49. The SMILES string of the molecule is Cn1nc(C2CC2)nc1C1CN(C(=O)Cc2ccc(S(C)(=O)=O)cc2)C1. The van der Waals surface area contributed by atoms with Crippen molar-refractivity contribution in [2.75, 3.05) is 19.3 Å². The van der Waals surface area contributed by atoms with E-state index < -0.39 is 9.84 Å². The average Bonchev–Trinajstić information content (AvgIpc) is 3.30. The van der Waals surface area contributed by atoms with Crippen molar-refractivity contribution >= 4 is 15.7 Å². The summed E-state index contributed by atoms with van der Waals surface area (Å²) in [5.74, 6) is 2.74. The Kier molecular flexibility index (Phi) is 4.10. The molecule has 2 aromatic rings. The largest absolute Gasteiger partial charge is 0.341 e. The summed E-state index contributed by atoms with van der Waals surface area (Å²) in [4.78, 5) is 19.2. The zero-order valence-corrected chi connectivity index (χ0v) is 15.7. The molecule has 0 spiro atoms. The molecule has 0 radical (unpaired) electrons. The van der Waals surface area contributed by atoms with Crippen LogP contribution < -0.4 is 0 Å². The summed E-state index contributed by atoms with van der Waals surface area (Å²) < 4.78 is 24.8. The molecule has 4 rings (SSSR count). The van der Waals surface area contributed by atoms with Gasteiger partial charge in [0.25, 0.3) is 0 Å². The third-order valence-electron chi connectivity index (χ3n) is 5.06. The summed E-state index contributed by atoms with van der Waals surface area (Å²) in [6, 6.07) is 6.51. The Hall–Kier alpha value is -2.22. The van der Waals surface area contributed by atoms with Gasteiger partial charge in [0.2, 0.25) is 5.91 Å². The average molecular weight is 374 g/mol. The second-order valence-electron chi connectivity index (χ2n) is 7.31. The minimum Gasteiger partial charge on any atom is -0.341 e. The highest BCUT2D eigenvalue weighted by molar-refractivity contribution is 7.90. The third kappa shape index (κ3) is 3.38. The van der Waals surface area contributed by atoms with Crippen molar-refractivity contribution in [1.29, 1.82) is 0 Å². The van der Waals surface area contributed by atoms with Gasteiger partial charge in [-0.25, -0.2) is 13.4 Å². The number of carbonyl (C=O) groups excluding carboxylic acids is 1. The van der Waals surface area contributed by atoms with Crippen molar-refractivity contribution in [3.05, 3.63) is 41.5 Å². The summed E-state index contributed by atoms with van der Waals surface area (Å²) in [6.45, 7) is 1.33. The van der Waals surface area contributed by atoms with Gasteiger partial charge in [0, 0.05) is 32.3 Å². The predicted octanol–water partition coefficient (Wildman–Crippen LogP) is 1.26. The number of aromatic nitrogens is 3. The number of sulfone groups is 1. The number of rotatable bonds is 5. The quantitative estimate of drug-likeness (QED) is 0.787. The monoisotopic (exact) mass is 374 g/mol. The fourth-order valence-corrected chi connectivity index (χ4v) is 3.90. The normalized spacial score (nSPS) is 18.0. The molecule has 1 aromatic heterocycles. The van der Waals surface area contributed by atoms with Crippen LogP contribution in [0.2, 0.25) is 0 Å². The van der Waals surface area contributed by atoms with E-state index in [1.807, 2.05) is 16.6 Å². The topological polar surface area (TPSA) is 85.2 Å².